The van der Waals surface area contributed by atoms with Crippen LogP contribution < -0.4 is 10.6 Å². The number of hydrogen-bond acceptors (Lipinski definition) is 1. The molecule has 0 heterocycles. The van der Waals surface area contributed by atoms with E-state index in [1.54, 1.807) is 0 Å². The molecule has 0 N–H and O–H groups in total. The first-order valence-electron chi connectivity index (χ1n) is 5.58. The second-order valence-electron chi connectivity index (χ2n) is 3.88. The van der Waals surface area contributed by atoms with E-state index < -0.39 is 6.04 Å². The van der Waals surface area contributed by atoms with E-state index in [-0.39, 0.29) is 0 Å². The molecule has 0 saturated carbocycles. The van der Waals surface area contributed by atoms with Gasteiger partial charge in [0, 0.05) is 12.2 Å². The van der Waals surface area contributed by atoms with Crippen LogP contribution in [0.15, 0.2) is 73.3 Å². The van der Waals surface area contributed by atoms with Crippen LogP contribution in [-0.4, -0.2) is 6.16 Å². The normalized spacial score (nSPS) is 11.1. The highest BCUT2D eigenvalue weighted by Crippen LogP contribution is 2.43. The van der Waals surface area contributed by atoms with Crippen molar-refractivity contribution in [1.29, 1.82) is 0 Å². The Labute approximate surface area is 108 Å². The van der Waals surface area contributed by atoms with Crippen molar-refractivity contribution < 1.29 is 0 Å². The van der Waals surface area contributed by atoms with Crippen LogP contribution in [0.25, 0.3) is 0 Å². The van der Waals surface area contributed by atoms with Crippen LogP contribution in [0.2, 0.25) is 0 Å². The van der Waals surface area contributed by atoms with Crippen LogP contribution >= 0.6 is 6.04 Å². The zero-order valence-corrected chi connectivity index (χ0v) is 11.3. The zero-order chi connectivity index (χ0) is 12.1. The maximum atomic E-state index is 5.97. The van der Waals surface area contributed by atoms with Gasteiger partial charge in [0.15, 0.2) is 0 Å². The molecule has 0 fully saturated rings. The zero-order valence-electron chi connectivity index (χ0n) is 9.62. The van der Waals surface area contributed by atoms with Crippen LogP contribution in [0.5, 0.6) is 0 Å². The van der Waals surface area contributed by atoms with Gasteiger partial charge in [0.1, 0.15) is 0 Å². The molecular formula is C15H15PS. The van der Waals surface area contributed by atoms with Crippen molar-refractivity contribution in [2.75, 3.05) is 6.16 Å². The molecule has 0 unspecified atom stereocenters. The molecule has 0 saturated heterocycles. The first-order valence-corrected chi connectivity index (χ1v) is 8.57. The fourth-order valence-corrected chi connectivity index (χ4v) is 5.32. The van der Waals surface area contributed by atoms with Crippen molar-refractivity contribution in [2.45, 2.75) is 0 Å². The molecule has 86 valence electrons. The van der Waals surface area contributed by atoms with Crippen molar-refractivity contribution in [1.82, 2.24) is 0 Å². The Bertz CT molecular complexity index is 488. The molecule has 2 heteroatoms. The fraction of sp³-hybridized carbons (Fsp3) is 0.0667. The van der Waals surface area contributed by atoms with E-state index in [0.717, 1.165) is 6.16 Å². The number of allylic oxidation sites excluding steroid dienone is 1. The van der Waals surface area contributed by atoms with Gasteiger partial charge in [-0.1, -0.05) is 78.5 Å². The van der Waals surface area contributed by atoms with E-state index >= 15 is 0 Å². The molecule has 0 spiro atoms. The Morgan fingerprint density at radius 3 is 1.65 bits per heavy atom. The van der Waals surface area contributed by atoms with Gasteiger partial charge in [-0.05, 0) is 10.6 Å². The predicted octanol–water partition coefficient (Wildman–Crippen LogP) is 3.30. The molecule has 0 aliphatic heterocycles. The summed E-state index contributed by atoms with van der Waals surface area (Å²) in [5, 5.41) is 2.53. The van der Waals surface area contributed by atoms with Gasteiger partial charge in [-0.15, -0.1) is 6.58 Å². The van der Waals surface area contributed by atoms with Gasteiger partial charge in [0.05, 0.1) is 0 Å². The van der Waals surface area contributed by atoms with E-state index in [9.17, 15) is 0 Å². The molecule has 2 aromatic carbocycles. The summed E-state index contributed by atoms with van der Waals surface area (Å²) in [6, 6.07) is 19.1. The number of hydrogen-bond donors (Lipinski definition) is 0. The predicted molar refractivity (Wildman–Crippen MR) is 81.5 cm³/mol. The number of rotatable bonds is 4. The Morgan fingerprint density at radius 1 is 0.882 bits per heavy atom. The summed E-state index contributed by atoms with van der Waals surface area (Å²) in [6.45, 7) is 3.86. The van der Waals surface area contributed by atoms with Gasteiger partial charge in [0.25, 0.3) is 0 Å². The number of benzene rings is 2. The van der Waals surface area contributed by atoms with Crippen LogP contribution in [-0.2, 0) is 11.8 Å². The maximum Gasteiger partial charge on any atom is 0.0141 e. The Morgan fingerprint density at radius 2 is 1.29 bits per heavy atom. The SMILES string of the molecule is C=CCP(=S)(c1ccccc1)c1ccccc1. The van der Waals surface area contributed by atoms with E-state index in [4.69, 9.17) is 11.8 Å². The van der Waals surface area contributed by atoms with E-state index in [1.165, 1.54) is 10.6 Å². The van der Waals surface area contributed by atoms with E-state index in [2.05, 4.69) is 55.1 Å². The third-order valence-corrected chi connectivity index (χ3v) is 7.48. The Hall–Kier alpha value is -1.17. The highest BCUT2D eigenvalue weighted by Gasteiger charge is 2.19. The minimum Gasteiger partial charge on any atom is -0.103 e. The summed E-state index contributed by atoms with van der Waals surface area (Å²) in [7, 11) is 0. The highest BCUT2D eigenvalue weighted by atomic mass is 32.4. The minimum atomic E-state index is -1.71. The molecule has 0 aromatic heterocycles. The quantitative estimate of drug-likeness (QED) is 0.599. The molecule has 0 radical (unpaired) electrons. The molecule has 0 bridgehead atoms. The molecule has 0 amide bonds. The summed E-state index contributed by atoms with van der Waals surface area (Å²) in [5.74, 6) is 0. The lowest BCUT2D eigenvalue weighted by molar-refractivity contribution is 1.70. The molecular weight excluding hydrogens is 243 g/mol. The second-order valence-corrected chi connectivity index (χ2v) is 8.63. The third-order valence-electron chi connectivity index (χ3n) is 2.73. The molecule has 0 aliphatic carbocycles. The second kappa shape index (κ2) is 5.44. The van der Waals surface area contributed by atoms with Crippen molar-refractivity contribution in [2.24, 2.45) is 0 Å². The standard InChI is InChI=1S/C15H15PS/c1-2-13-16(17,14-9-5-3-6-10-14)15-11-7-4-8-12-15/h2-12H,1,13H2. The Kier molecular flexibility index (Phi) is 3.93. The summed E-state index contributed by atoms with van der Waals surface area (Å²) in [6.07, 6.45) is 2.82. The lowest BCUT2D eigenvalue weighted by atomic mass is 10.4. The van der Waals surface area contributed by atoms with Gasteiger partial charge in [-0.25, -0.2) is 0 Å². The first-order chi connectivity index (χ1) is 8.27. The van der Waals surface area contributed by atoms with E-state index in [1.807, 2.05) is 18.2 Å². The highest BCUT2D eigenvalue weighted by molar-refractivity contribution is 8.22. The molecule has 2 aromatic rings. The van der Waals surface area contributed by atoms with Crippen molar-refractivity contribution in [3.63, 3.8) is 0 Å². The van der Waals surface area contributed by atoms with Crippen molar-refractivity contribution in [3.05, 3.63) is 73.3 Å². The monoisotopic (exact) mass is 258 g/mol. The lowest BCUT2D eigenvalue weighted by Crippen LogP contribution is -2.17. The van der Waals surface area contributed by atoms with Gasteiger partial charge in [-0.2, -0.15) is 0 Å². The van der Waals surface area contributed by atoms with Crippen molar-refractivity contribution in [3.8, 4) is 0 Å². The van der Waals surface area contributed by atoms with Gasteiger partial charge >= 0.3 is 0 Å². The fourth-order valence-electron chi connectivity index (χ4n) is 1.88. The molecule has 17 heavy (non-hydrogen) atoms. The summed E-state index contributed by atoms with van der Waals surface area (Å²) < 4.78 is 0. The topological polar surface area (TPSA) is 0 Å². The van der Waals surface area contributed by atoms with Crippen LogP contribution in [0, 0.1) is 0 Å². The first kappa shape index (κ1) is 12.3. The van der Waals surface area contributed by atoms with Gasteiger partial charge in [0.2, 0.25) is 0 Å². The Balaban J connectivity index is 2.55. The smallest absolute Gasteiger partial charge is 0.0141 e. The summed E-state index contributed by atoms with van der Waals surface area (Å²) >= 11 is 5.97. The average molecular weight is 258 g/mol. The average Bonchev–Trinajstić information content (AvgIpc) is 2.41. The van der Waals surface area contributed by atoms with Crippen LogP contribution in [0.3, 0.4) is 0 Å². The maximum absolute atomic E-state index is 5.97. The van der Waals surface area contributed by atoms with Crippen LogP contribution in [0.4, 0.5) is 0 Å². The molecule has 2 rings (SSSR count). The molecule has 0 atom stereocenters. The molecule has 0 aliphatic rings. The van der Waals surface area contributed by atoms with E-state index in [0.29, 0.717) is 0 Å². The summed E-state index contributed by atoms with van der Waals surface area (Å²) in [4.78, 5) is 0. The van der Waals surface area contributed by atoms with Gasteiger partial charge < -0.3 is 0 Å². The van der Waals surface area contributed by atoms with Gasteiger partial charge in [-0.3, -0.25) is 0 Å². The van der Waals surface area contributed by atoms with Crippen molar-refractivity contribution >= 4 is 28.5 Å². The summed E-state index contributed by atoms with van der Waals surface area (Å²) in [5.41, 5.74) is 0. The molecule has 0 nitrogen and oxygen atoms in total. The van der Waals surface area contributed by atoms with Crippen LogP contribution in [0.1, 0.15) is 0 Å². The minimum absolute atomic E-state index is 0.871. The largest absolute Gasteiger partial charge is 0.103 e. The lowest BCUT2D eigenvalue weighted by Gasteiger charge is -2.21. The third kappa shape index (κ3) is 2.57.